The van der Waals surface area contributed by atoms with Gasteiger partial charge in [-0.05, 0) is 79.9 Å². The summed E-state index contributed by atoms with van der Waals surface area (Å²) in [5.74, 6) is 2.66. The van der Waals surface area contributed by atoms with Crippen LogP contribution >= 0.6 is 0 Å². The second-order valence-corrected chi connectivity index (χ2v) is 8.58. The molecule has 4 bridgehead atoms. The van der Waals surface area contributed by atoms with Crippen LogP contribution in [0.3, 0.4) is 0 Å². The van der Waals surface area contributed by atoms with E-state index in [0.717, 1.165) is 35.2 Å². The Kier molecular flexibility index (Phi) is 3.27. The maximum absolute atomic E-state index is 12.8. The van der Waals surface area contributed by atoms with Gasteiger partial charge in [-0.15, -0.1) is 0 Å². The van der Waals surface area contributed by atoms with Gasteiger partial charge in [0.05, 0.1) is 11.2 Å². The number of aldehydes is 1. The number of rotatable bonds is 4. The number of hydrogen-bond acceptors (Lipinski definition) is 3. The highest BCUT2D eigenvalue weighted by Crippen LogP contribution is 2.61. The predicted octanol–water partition coefficient (Wildman–Crippen LogP) is 3.69. The molecule has 4 fully saturated rings. The van der Waals surface area contributed by atoms with Gasteiger partial charge in [0, 0.05) is 12.6 Å². The molecule has 4 aliphatic carbocycles. The summed E-state index contributed by atoms with van der Waals surface area (Å²) in [5.41, 5.74) is 2.11. The number of aromatic nitrogens is 2. The number of hydrogen-bond donors (Lipinski definition) is 1. The highest BCUT2D eigenvalue weighted by atomic mass is 16.1. The first-order valence-electron chi connectivity index (χ1n) is 9.36. The molecule has 2 aromatic heterocycles. The minimum absolute atomic E-state index is 0.101. The number of amides is 1. The van der Waals surface area contributed by atoms with Crippen molar-refractivity contribution in [1.82, 2.24) is 9.61 Å². The molecular formula is C20H23N3O2. The lowest BCUT2D eigenvalue weighted by atomic mass is 9.49. The molecular weight excluding hydrogens is 314 g/mol. The number of fused-ring (bicyclic) bond motifs is 1. The molecule has 25 heavy (non-hydrogen) atoms. The van der Waals surface area contributed by atoms with Gasteiger partial charge in [-0.1, -0.05) is 0 Å². The van der Waals surface area contributed by atoms with Crippen LogP contribution in [-0.4, -0.2) is 21.8 Å². The minimum atomic E-state index is 0.101. The number of nitrogens with one attached hydrogen (secondary N) is 1. The molecule has 130 valence electrons. The highest BCUT2D eigenvalue weighted by molar-refractivity contribution is 5.96. The molecule has 0 spiro atoms. The van der Waals surface area contributed by atoms with Gasteiger partial charge in [-0.3, -0.25) is 9.59 Å². The van der Waals surface area contributed by atoms with Gasteiger partial charge in [0.15, 0.2) is 6.29 Å². The number of pyridine rings is 1. The second-order valence-electron chi connectivity index (χ2n) is 8.58. The number of carbonyl (C=O) groups excluding carboxylic acids is 2. The lowest BCUT2D eigenvalue weighted by molar-refractivity contribution is -0.124. The third kappa shape index (κ3) is 2.57. The van der Waals surface area contributed by atoms with Crippen molar-refractivity contribution < 1.29 is 9.59 Å². The largest absolute Gasteiger partial charge is 0.324 e. The highest BCUT2D eigenvalue weighted by Gasteiger charge is 2.51. The van der Waals surface area contributed by atoms with Crippen LogP contribution in [0.25, 0.3) is 5.52 Å². The quantitative estimate of drug-likeness (QED) is 0.866. The molecule has 4 saturated carbocycles. The van der Waals surface area contributed by atoms with Crippen molar-refractivity contribution in [3.63, 3.8) is 0 Å². The van der Waals surface area contributed by atoms with E-state index in [0.29, 0.717) is 12.1 Å². The third-order valence-corrected chi connectivity index (χ3v) is 6.62. The number of carbonyl (C=O) groups is 2. The molecule has 5 heteroatoms. The molecule has 2 aromatic rings. The van der Waals surface area contributed by atoms with Crippen LogP contribution in [-0.2, 0) is 4.79 Å². The zero-order valence-corrected chi connectivity index (χ0v) is 14.3. The van der Waals surface area contributed by atoms with Gasteiger partial charge >= 0.3 is 0 Å². The number of nitrogens with zero attached hydrogens (tertiary/aromatic N) is 2. The van der Waals surface area contributed by atoms with Crippen LogP contribution < -0.4 is 5.32 Å². The monoisotopic (exact) mass is 337 g/mol. The fourth-order valence-corrected chi connectivity index (χ4v) is 6.24. The van der Waals surface area contributed by atoms with Crippen molar-refractivity contribution in [2.45, 2.75) is 44.9 Å². The second kappa shape index (κ2) is 5.41. The predicted molar refractivity (Wildman–Crippen MR) is 94.4 cm³/mol. The summed E-state index contributed by atoms with van der Waals surface area (Å²) < 4.78 is 1.64. The molecule has 2 heterocycles. The van der Waals surface area contributed by atoms with Crippen LogP contribution in [0.5, 0.6) is 0 Å². The van der Waals surface area contributed by atoms with E-state index in [1.807, 2.05) is 12.1 Å². The van der Waals surface area contributed by atoms with Crippen molar-refractivity contribution in [3.05, 3.63) is 30.1 Å². The van der Waals surface area contributed by atoms with Gasteiger partial charge in [0.2, 0.25) is 5.91 Å². The first-order valence-corrected chi connectivity index (χ1v) is 9.36. The molecule has 0 radical (unpaired) electrons. The Morgan fingerprint density at radius 2 is 1.92 bits per heavy atom. The first-order chi connectivity index (χ1) is 12.1. The maximum atomic E-state index is 12.8. The van der Waals surface area contributed by atoms with Crippen LogP contribution in [0.1, 0.15) is 55.4 Å². The molecule has 1 N–H and O–H groups in total. The van der Waals surface area contributed by atoms with Gasteiger partial charge in [0.25, 0.3) is 0 Å². The molecule has 0 aliphatic heterocycles. The maximum Gasteiger partial charge on any atom is 0.224 e. The molecule has 0 aromatic carbocycles. The molecule has 4 aliphatic rings. The summed E-state index contributed by atoms with van der Waals surface area (Å²) in [6.45, 7) is 0. The van der Waals surface area contributed by atoms with Crippen molar-refractivity contribution in [2.75, 3.05) is 5.32 Å². The normalized spacial score (nSPS) is 32.9. The van der Waals surface area contributed by atoms with E-state index < -0.39 is 0 Å². The molecule has 1 amide bonds. The summed E-state index contributed by atoms with van der Waals surface area (Å²) >= 11 is 0. The van der Waals surface area contributed by atoms with Crippen molar-refractivity contribution in [1.29, 1.82) is 0 Å². The van der Waals surface area contributed by atoms with E-state index in [-0.39, 0.29) is 11.3 Å². The fraction of sp³-hybridized carbons (Fsp3) is 0.550. The van der Waals surface area contributed by atoms with E-state index in [4.69, 9.17) is 0 Å². The van der Waals surface area contributed by atoms with Gasteiger partial charge < -0.3 is 5.32 Å². The summed E-state index contributed by atoms with van der Waals surface area (Å²) in [7, 11) is 0. The minimum Gasteiger partial charge on any atom is -0.324 e. The van der Waals surface area contributed by atoms with Gasteiger partial charge in [0.1, 0.15) is 5.69 Å². The topological polar surface area (TPSA) is 63.5 Å². The Morgan fingerprint density at radius 1 is 1.24 bits per heavy atom. The standard InChI is InChI=1S/C20H23N3O2/c24-12-16-7-18-17(2-1-3-23(18)22-16)21-19(25)11-20-8-13-4-14(9-20)6-15(5-13)10-20/h1-3,7,12-15H,4-6,8-11H2,(H,21,25). The van der Waals surface area contributed by atoms with E-state index in [9.17, 15) is 9.59 Å². The zero-order chi connectivity index (χ0) is 17.0. The zero-order valence-electron chi connectivity index (χ0n) is 14.3. The smallest absolute Gasteiger partial charge is 0.224 e. The van der Waals surface area contributed by atoms with E-state index in [2.05, 4.69) is 10.4 Å². The van der Waals surface area contributed by atoms with Gasteiger partial charge in [-0.25, -0.2) is 4.52 Å². The Balaban J connectivity index is 1.36. The lowest BCUT2D eigenvalue weighted by Gasteiger charge is -2.56. The van der Waals surface area contributed by atoms with Crippen molar-refractivity contribution in [2.24, 2.45) is 23.2 Å². The van der Waals surface area contributed by atoms with E-state index >= 15 is 0 Å². The molecule has 0 saturated heterocycles. The molecule has 0 unspecified atom stereocenters. The fourth-order valence-electron chi connectivity index (χ4n) is 6.24. The Bertz CT molecular complexity index is 818. The van der Waals surface area contributed by atoms with Crippen LogP contribution in [0.2, 0.25) is 0 Å². The van der Waals surface area contributed by atoms with Crippen molar-refractivity contribution in [3.8, 4) is 0 Å². The first kappa shape index (κ1) is 15.1. The molecule has 6 rings (SSSR count). The molecule has 0 atom stereocenters. The van der Waals surface area contributed by atoms with Gasteiger partial charge in [-0.2, -0.15) is 5.10 Å². The summed E-state index contributed by atoms with van der Waals surface area (Å²) in [5, 5.41) is 7.26. The van der Waals surface area contributed by atoms with Crippen LogP contribution in [0.4, 0.5) is 5.69 Å². The SMILES string of the molecule is O=Cc1cc2c(NC(=O)CC34CC5CC(CC(C5)C3)C4)cccn2n1. The van der Waals surface area contributed by atoms with E-state index in [1.165, 1.54) is 38.5 Å². The Hall–Kier alpha value is -2.17. The Morgan fingerprint density at radius 3 is 2.56 bits per heavy atom. The van der Waals surface area contributed by atoms with Crippen molar-refractivity contribution >= 4 is 23.4 Å². The average molecular weight is 337 g/mol. The molecule has 5 nitrogen and oxygen atoms in total. The Labute approximate surface area is 146 Å². The van der Waals surface area contributed by atoms with Crippen LogP contribution in [0, 0.1) is 23.2 Å². The van der Waals surface area contributed by atoms with Crippen LogP contribution in [0.15, 0.2) is 24.4 Å². The van der Waals surface area contributed by atoms with E-state index in [1.54, 1.807) is 16.8 Å². The summed E-state index contributed by atoms with van der Waals surface area (Å²) in [4.78, 5) is 23.8. The summed E-state index contributed by atoms with van der Waals surface area (Å²) in [6.07, 6.45) is 11.0. The number of anilines is 1. The average Bonchev–Trinajstić information content (AvgIpc) is 2.97. The lowest BCUT2D eigenvalue weighted by Crippen LogP contribution is -2.47. The summed E-state index contributed by atoms with van der Waals surface area (Å²) in [6, 6.07) is 5.44. The third-order valence-electron chi connectivity index (χ3n) is 6.62.